The van der Waals surface area contributed by atoms with Gasteiger partial charge < -0.3 is 9.84 Å². The summed E-state index contributed by atoms with van der Waals surface area (Å²) in [5.41, 5.74) is -3.14. The van der Waals surface area contributed by atoms with Crippen LogP contribution in [0.3, 0.4) is 0 Å². The third-order valence-corrected chi connectivity index (χ3v) is 3.40. The third kappa shape index (κ3) is 3.93. The highest BCUT2D eigenvalue weighted by Crippen LogP contribution is 2.33. The normalized spacial score (nSPS) is 23.0. The van der Waals surface area contributed by atoms with E-state index in [1.165, 1.54) is 0 Å². The summed E-state index contributed by atoms with van der Waals surface area (Å²) in [7, 11) is 0. The van der Waals surface area contributed by atoms with E-state index in [4.69, 9.17) is 8.85 Å². The molecule has 0 spiro atoms. The molecule has 1 rings (SSSR count). The lowest BCUT2D eigenvalue weighted by molar-refractivity contribution is -0.172. The maximum absolute atomic E-state index is 12.5. The van der Waals surface area contributed by atoms with Crippen molar-refractivity contribution in [3.8, 4) is 0 Å². The number of hydrogen-bond acceptors (Lipinski definition) is 4. The zero-order valence-electron chi connectivity index (χ0n) is 14.8. The van der Waals surface area contributed by atoms with Crippen LogP contribution in [0, 0.1) is 5.92 Å². The molecule has 1 aliphatic carbocycles. The van der Waals surface area contributed by atoms with Gasteiger partial charge >= 0.3 is 11.9 Å². The van der Waals surface area contributed by atoms with E-state index in [-0.39, 0.29) is 12.3 Å². The van der Waals surface area contributed by atoms with Crippen molar-refractivity contribution in [2.45, 2.75) is 64.0 Å². The van der Waals surface area contributed by atoms with Crippen LogP contribution in [0.25, 0.3) is 0 Å². The fourth-order valence-electron chi connectivity index (χ4n) is 2.43. The topological polar surface area (TPSA) is 75.6 Å². The monoisotopic (exact) mass is 274 g/mol. The van der Waals surface area contributed by atoms with E-state index in [9.17, 15) is 14.7 Å². The lowest BCUT2D eigenvalue weighted by atomic mass is 9.86. The predicted molar refractivity (Wildman–Crippen MR) is 71.8 cm³/mol. The lowest BCUT2D eigenvalue weighted by Crippen LogP contribution is -2.59. The average molecular weight is 274 g/mol. The number of rotatable bonds is 5. The van der Waals surface area contributed by atoms with Crippen molar-refractivity contribution in [1.29, 1.82) is 0 Å². The number of likely N-dealkylation sites (N-methyl/N-ethyl adjacent to an activating group) is 1. The second-order valence-electron chi connectivity index (χ2n) is 6.19. The summed E-state index contributed by atoms with van der Waals surface area (Å²) in [6.07, 6.45) is 3.43. The van der Waals surface area contributed by atoms with E-state index < -0.39 is 30.1 Å². The first-order valence-corrected chi connectivity index (χ1v) is 6.62. The average Bonchev–Trinajstić information content (AvgIpc) is 2.75. The van der Waals surface area contributed by atoms with E-state index in [0.29, 0.717) is 0 Å². The molecular weight excluding hydrogens is 246 g/mol. The van der Waals surface area contributed by atoms with Crippen LogP contribution < -0.4 is 5.32 Å². The molecule has 1 aliphatic rings. The first-order valence-electron chi connectivity index (χ1n) is 8.12. The minimum absolute atomic E-state index is 0.00142. The number of ether oxygens (including phenoxy) is 1. The van der Waals surface area contributed by atoms with Crippen LogP contribution in [-0.4, -0.2) is 35.2 Å². The molecule has 0 saturated heterocycles. The maximum atomic E-state index is 12.5. The van der Waals surface area contributed by atoms with Crippen LogP contribution in [0.2, 0.25) is 0 Å². The Morgan fingerprint density at radius 2 is 1.95 bits per heavy atom. The van der Waals surface area contributed by atoms with E-state index in [1.54, 1.807) is 20.8 Å². The fraction of sp³-hybridized carbons (Fsp3) is 0.857. The Balaban J connectivity index is 3.13. The van der Waals surface area contributed by atoms with Crippen LogP contribution in [0.1, 0.15) is 57.0 Å². The SMILES string of the molecule is [2H]C([2H])([2H])N[C@@](CC1CCCC1)(C(=O)O)C(=O)OC(C)(C)C. The van der Waals surface area contributed by atoms with E-state index in [2.05, 4.69) is 0 Å². The minimum atomic E-state index is -2.76. The summed E-state index contributed by atoms with van der Waals surface area (Å²) in [6, 6.07) is 0. The van der Waals surface area contributed by atoms with Gasteiger partial charge in [-0.1, -0.05) is 25.7 Å². The molecule has 19 heavy (non-hydrogen) atoms. The van der Waals surface area contributed by atoms with E-state index in [0.717, 1.165) is 25.7 Å². The van der Waals surface area contributed by atoms with Gasteiger partial charge in [-0.15, -0.1) is 0 Å². The molecule has 0 unspecified atom stereocenters. The second kappa shape index (κ2) is 5.90. The van der Waals surface area contributed by atoms with Crippen LogP contribution >= 0.6 is 0 Å². The Hall–Kier alpha value is -1.10. The molecule has 0 amide bonds. The van der Waals surface area contributed by atoms with Gasteiger partial charge in [0.05, 0.1) is 0 Å². The third-order valence-electron chi connectivity index (χ3n) is 3.40. The second-order valence-corrected chi connectivity index (χ2v) is 6.19. The van der Waals surface area contributed by atoms with Gasteiger partial charge in [0.25, 0.3) is 0 Å². The number of nitrogens with one attached hydrogen (secondary N) is 1. The van der Waals surface area contributed by atoms with Gasteiger partial charge in [-0.05, 0) is 40.1 Å². The maximum Gasteiger partial charge on any atom is 0.338 e. The highest BCUT2D eigenvalue weighted by molar-refractivity contribution is 6.04. The fourth-order valence-corrected chi connectivity index (χ4v) is 2.43. The summed E-state index contributed by atoms with van der Waals surface area (Å²) in [4.78, 5) is 24.3. The molecule has 0 aromatic heterocycles. The van der Waals surface area contributed by atoms with Crippen molar-refractivity contribution < 1.29 is 23.5 Å². The van der Waals surface area contributed by atoms with Gasteiger partial charge in [-0.25, -0.2) is 9.59 Å². The van der Waals surface area contributed by atoms with Crippen molar-refractivity contribution >= 4 is 11.9 Å². The summed E-state index contributed by atoms with van der Waals surface area (Å²) in [6.45, 7) is 2.08. The molecule has 5 nitrogen and oxygen atoms in total. The molecule has 110 valence electrons. The van der Waals surface area contributed by atoms with Crippen LogP contribution in [0.15, 0.2) is 0 Å². The zero-order chi connectivity index (χ0) is 17.2. The molecule has 1 saturated carbocycles. The zero-order valence-corrected chi connectivity index (χ0v) is 11.8. The first kappa shape index (κ1) is 11.7. The molecule has 2 N–H and O–H groups in total. The lowest BCUT2D eigenvalue weighted by Gasteiger charge is -2.32. The van der Waals surface area contributed by atoms with E-state index >= 15 is 0 Å². The van der Waals surface area contributed by atoms with Gasteiger partial charge in [0, 0.05) is 4.11 Å². The molecule has 0 bridgehead atoms. The van der Waals surface area contributed by atoms with Gasteiger partial charge in [0.2, 0.25) is 5.54 Å². The minimum Gasteiger partial charge on any atom is -0.479 e. The smallest absolute Gasteiger partial charge is 0.338 e. The van der Waals surface area contributed by atoms with Crippen LogP contribution in [0.4, 0.5) is 0 Å². The summed E-state index contributed by atoms with van der Waals surface area (Å²) in [5.74, 6) is -2.56. The quantitative estimate of drug-likeness (QED) is 0.592. The van der Waals surface area contributed by atoms with Gasteiger partial charge in [-0.2, -0.15) is 0 Å². The number of esters is 1. The van der Waals surface area contributed by atoms with Gasteiger partial charge in [0.1, 0.15) is 5.60 Å². The van der Waals surface area contributed by atoms with Gasteiger partial charge in [-0.3, -0.25) is 5.32 Å². The molecule has 0 heterocycles. The van der Waals surface area contributed by atoms with Crippen molar-refractivity contribution in [2.75, 3.05) is 6.98 Å². The van der Waals surface area contributed by atoms with E-state index in [1.807, 2.05) is 5.32 Å². The number of carboxylic acids is 1. The Morgan fingerprint density at radius 1 is 1.37 bits per heavy atom. The molecule has 0 radical (unpaired) electrons. The molecule has 0 aromatic rings. The van der Waals surface area contributed by atoms with Crippen molar-refractivity contribution in [3.05, 3.63) is 0 Å². The molecule has 0 aliphatic heterocycles. The largest absolute Gasteiger partial charge is 0.479 e. The molecule has 1 fully saturated rings. The summed E-state index contributed by atoms with van der Waals surface area (Å²) >= 11 is 0. The number of carbonyl (C=O) groups is 2. The van der Waals surface area contributed by atoms with Crippen molar-refractivity contribution in [2.24, 2.45) is 5.92 Å². The highest BCUT2D eigenvalue weighted by atomic mass is 16.6. The predicted octanol–water partition coefficient (Wildman–Crippen LogP) is 1.95. The summed E-state index contributed by atoms with van der Waals surface area (Å²) in [5, 5.41) is 11.6. The van der Waals surface area contributed by atoms with Crippen molar-refractivity contribution in [3.63, 3.8) is 0 Å². The Bertz CT molecular complexity index is 425. The van der Waals surface area contributed by atoms with Gasteiger partial charge in [0.15, 0.2) is 0 Å². The molecule has 5 heteroatoms. The number of carbonyl (C=O) groups excluding carboxylic acids is 1. The summed E-state index contributed by atoms with van der Waals surface area (Å²) < 4.78 is 27.2. The number of carboxylic acid groups (broad SMARTS) is 1. The van der Waals surface area contributed by atoms with Crippen LogP contribution in [-0.2, 0) is 14.3 Å². The number of hydrogen-bond donors (Lipinski definition) is 2. The molecule has 1 atom stereocenters. The molecular formula is C14H25NO4. The Kier molecular flexibility index (Phi) is 3.64. The van der Waals surface area contributed by atoms with Crippen molar-refractivity contribution in [1.82, 2.24) is 5.32 Å². The van der Waals surface area contributed by atoms with Crippen LogP contribution in [0.5, 0.6) is 0 Å². The number of aliphatic carboxylic acids is 1. The standard InChI is InChI=1S/C14H25NO4/c1-13(2,3)19-12(18)14(15-4,11(16)17)9-10-7-5-6-8-10/h10,15H,5-9H2,1-4H3,(H,16,17)/t14-/m0/s1/i4D3. The first-order chi connectivity index (χ1) is 9.86. The Morgan fingerprint density at radius 3 is 2.37 bits per heavy atom. The molecule has 0 aromatic carbocycles. The Labute approximate surface area is 118 Å². The highest BCUT2D eigenvalue weighted by Gasteiger charge is 2.49.